The van der Waals surface area contributed by atoms with Crippen molar-refractivity contribution in [2.24, 2.45) is 29.1 Å². The van der Waals surface area contributed by atoms with E-state index in [1.54, 1.807) is 0 Å². The van der Waals surface area contributed by atoms with Crippen molar-refractivity contribution < 1.29 is 4.92 Å². The highest BCUT2D eigenvalue weighted by Crippen LogP contribution is 2.40. The summed E-state index contributed by atoms with van der Waals surface area (Å²) < 4.78 is 0. The van der Waals surface area contributed by atoms with Gasteiger partial charge in [0.15, 0.2) is 0 Å². The molecule has 2 unspecified atom stereocenters. The van der Waals surface area contributed by atoms with Crippen molar-refractivity contribution in [1.82, 2.24) is 0 Å². The Morgan fingerprint density at radius 1 is 1.04 bits per heavy atom. The van der Waals surface area contributed by atoms with Gasteiger partial charge in [0.05, 0.1) is 0 Å². The fraction of sp³-hybridized carbons (Fsp3) is 1.00. The average Bonchev–Trinajstić information content (AvgIpc) is 2.76. The molecule has 0 spiro atoms. The minimum absolute atomic E-state index is 0.00388. The molecule has 0 heterocycles. The van der Waals surface area contributed by atoms with Gasteiger partial charge < -0.3 is 0 Å². The van der Waals surface area contributed by atoms with E-state index >= 15 is 0 Å². The van der Waals surface area contributed by atoms with Gasteiger partial charge in [-0.3, -0.25) is 10.1 Å². The van der Waals surface area contributed by atoms with Gasteiger partial charge in [0.2, 0.25) is 6.04 Å². The van der Waals surface area contributed by atoms with E-state index in [2.05, 4.69) is 41.5 Å². The lowest BCUT2D eigenvalue weighted by Gasteiger charge is -2.33. The third-order valence-electron chi connectivity index (χ3n) is 7.01. The third kappa shape index (κ3) is 7.96. The molecule has 1 saturated carbocycles. The lowest BCUT2D eigenvalue weighted by atomic mass is 9.72. The lowest BCUT2D eigenvalue weighted by molar-refractivity contribution is -0.525. The molecule has 0 N–H and O–H groups in total. The van der Waals surface area contributed by atoms with E-state index in [0.717, 1.165) is 38.0 Å². The van der Waals surface area contributed by atoms with Crippen LogP contribution in [0, 0.1) is 39.2 Å². The van der Waals surface area contributed by atoms with Crippen LogP contribution in [0.25, 0.3) is 0 Å². The van der Waals surface area contributed by atoms with Gasteiger partial charge in [-0.15, -0.1) is 0 Å². The van der Waals surface area contributed by atoms with Crippen molar-refractivity contribution in [2.45, 2.75) is 118 Å². The fourth-order valence-corrected chi connectivity index (χ4v) is 5.06. The lowest BCUT2D eigenvalue weighted by Crippen LogP contribution is -2.23. The van der Waals surface area contributed by atoms with Gasteiger partial charge in [-0.25, -0.2) is 0 Å². The van der Waals surface area contributed by atoms with E-state index in [9.17, 15) is 10.1 Å². The minimum Gasteiger partial charge on any atom is -0.264 e. The molecule has 1 aliphatic carbocycles. The molecule has 0 bridgehead atoms. The largest absolute Gasteiger partial charge is 0.264 e. The van der Waals surface area contributed by atoms with E-state index in [-0.39, 0.29) is 11.0 Å². The molecule has 0 amide bonds. The highest BCUT2D eigenvalue weighted by molar-refractivity contribution is 4.81. The van der Waals surface area contributed by atoms with Crippen LogP contribution in [0.3, 0.4) is 0 Å². The maximum atomic E-state index is 11.4. The SMILES string of the molecule is CCCC[C@H](CC[C@H](C)[C@H]1CCC([N+](=O)[O-])CC(CCC)C1)C(C)(C)C. The van der Waals surface area contributed by atoms with Crippen molar-refractivity contribution >= 4 is 0 Å². The molecule has 1 rings (SSSR count). The molecule has 0 saturated heterocycles. The van der Waals surface area contributed by atoms with Crippen LogP contribution in [-0.2, 0) is 0 Å². The predicted molar refractivity (Wildman–Crippen MR) is 112 cm³/mol. The second-order valence-corrected chi connectivity index (χ2v) is 10.2. The van der Waals surface area contributed by atoms with Crippen molar-refractivity contribution in [1.29, 1.82) is 0 Å². The maximum absolute atomic E-state index is 11.4. The molecule has 0 aromatic rings. The molecule has 0 radical (unpaired) electrons. The molecule has 0 aromatic carbocycles. The molecule has 0 aliphatic heterocycles. The van der Waals surface area contributed by atoms with Crippen LogP contribution in [0.5, 0.6) is 0 Å². The normalized spacial score (nSPS) is 26.9. The van der Waals surface area contributed by atoms with Crippen molar-refractivity contribution in [3.8, 4) is 0 Å². The summed E-state index contributed by atoms with van der Waals surface area (Å²) >= 11 is 0. The minimum atomic E-state index is -0.296. The zero-order valence-electron chi connectivity index (χ0n) is 18.4. The second kappa shape index (κ2) is 11.3. The smallest absolute Gasteiger partial charge is 0.213 e. The number of nitro groups is 1. The number of unbranched alkanes of at least 4 members (excludes halogenated alkanes) is 1. The first-order chi connectivity index (χ1) is 12.2. The van der Waals surface area contributed by atoms with Crippen LogP contribution in [-0.4, -0.2) is 11.0 Å². The molecule has 1 fully saturated rings. The van der Waals surface area contributed by atoms with Gasteiger partial charge in [0.25, 0.3) is 0 Å². The maximum Gasteiger partial charge on any atom is 0.213 e. The van der Waals surface area contributed by atoms with Gasteiger partial charge in [-0.1, -0.05) is 73.6 Å². The quantitative estimate of drug-likeness (QED) is 0.228. The molecule has 5 atom stereocenters. The summed E-state index contributed by atoms with van der Waals surface area (Å²) in [6, 6.07) is -0.296. The van der Waals surface area contributed by atoms with Crippen molar-refractivity contribution in [3.05, 3.63) is 10.1 Å². The predicted octanol–water partition coefficient (Wildman–Crippen LogP) is 7.51. The molecular weight excluding hydrogens is 322 g/mol. The summed E-state index contributed by atoms with van der Waals surface area (Å²) in [5.74, 6) is 2.74. The molecule has 3 nitrogen and oxygen atoms in total. The first-order valence-electron chi connectivity index (χ1n) is 11.3. The third-order valence-corrected chi connectivity index (χ3v) is 7.01. The second-order valence-electron chi connectivity index (χ2n) is 10.2. The van der Waals surface area contributed by atoms with Gasteiger partial charge in [-0.2, -0.15) is 0 Å². The topological polar surface area (TPSA) is 43.1 Å². The highest BCUT2D eigenvalue weighted by Gasteiger charge is 2.34. The van der Waals surface area contributed by atoms with Crippen molar-refractivity contribution in [3.63, 3.8) is 0 Å². The number of hydrogen-bond acceptors (Lipinski definition) is 2. The summed E-state index contributed by atoms with van der Waals surface area (Å²) in [5, 5.41) is 11.4. The van der Waals surface area contributed by atoms with Crippen LogP contribution in [0.2, 0.25) is 0 Å². The van der Waals surface area contributed by atoms with Crippen LogP contribution in [0.1, 0.15) is 112 Å². The Labute approximate surface area is 162 Å². The Morgan fingerprint density at radius 3 is 2.27 bits per heavy atom. The molecule has 3 heteroatoms. The van der Waals surface area contributed by atoms with E-state index in [1.807, 2.05) is 0 Å². The average molecular weight is 368 g/mol. The first-order valence-corrected chi connectivity index (χ1v) is 11.3. The van der Waals surface area contributed by atoms with Crippen LogP contribution >= 0.6 is 0 Å². The van der Waals surface area contributed by atoms with Gasteiger partial charge in [0.1, 0.15) is 0 Å². The van der Waals surface area contributed by atoms with Gasteiger partial charge in [-0.05, 0) is 54.8 Å². The van der Waals surface area contributed by atoms with Crippen LogP contribution in [0.4, 0.5) is 0 Å². The van der Waals surface area contributed by atoms with Gasteiger partial charge in [0, 0.05) is 17.8 Å². The Kier molecular flexibility index (Phi) is 10.2. The van der Waals surface area contributed by atoms with Crippen LogP contribution in [0.15, 0.2) is 0 Å². The monoisotopic (exact) mass is 367 g/mol. The Balaban J connectivity index is 2.65. The Bertz CT molecular complexity index is 402. The standard InChI is InChI=1S/C23H45NO2/c1-7-9-11-21(23(4,5)6)14-12-18(3)20-13-15-22(24(25)26)17-19(16-20)10-8-2/h18-22H,7-17H2,1-6H3/t18-,19?,20-,21+,22?/m0/s1. The first kappa shape index (κ1) is 23.4. The number of hydrogen-bond donors (Lipinski definition) is 0. The highest BCUT2D eigenvalue weighted by atomic mass is 16.6. The van der Waals surface area contributed by atoms with E-state index in [0.29, 0.717) is 23.2 Å². The number of nitrogens with zero attached hydrogens (tertiary/aromatic N) is 1. The summed E-state index contributed by atoms with van der Waals surface area (Å²) in [6.45, 7) is 14.1. The zero-order chi connectivity index (χ0) is 19.7. The molecule has 26 heavy (non-hydrogen) atoms. The van der Waals surface area contributed by atoms with Crippen LogP contribution < -0.4 is 0 Å². The van der Waals surface area contributed by atoms with E-state index in [4.69, 9.17) is 0 Å². The zero-order valence-corrected chi connectivity index (χ0v) is 18.4. The molecule has 1 aliphatic rings. The van der Waals surface area contributed by atoms with E-state index in [1.165, 1.54) is 38.5 Å². The summed E-state index contributed by atoms with van der Waals surface area (Å²) in [7, 11) is 0. The molecule has 0 aromatic heterocycles. The molecule has 154 valence electrons. The van der Waals surface area contributed by atoms with Gasteiger partial charge >= 0.3 is 0 Å². The summed E-state index contributed by atoms with van der Waals surface area (Å²) in [6.07, 6.45) is 12.8. The van der Waals surface area contributed by atoms with Crippen molar-refractivity contribution in [2.75, 3.05) is 0 Å². The summed E-state index contributed by atoms with van der Waals surface area (Å²) in [5.41, 5.74) is 0.389. The fourth-order valence-electron chi connectivity index (χ4n) is 5.06. The Morgan fingerprint density at radius 2 is 1.73 bits per heavy atom. The number of rotatable bonds is 10. The van der Waals surface area contributed by atoms with E-state index < -0.39 is 0 Å². The molecular formula is C23H45NO2. The Hall–Kier alpha value is -0.600. The summed E-state index contributed by atoms with van der Waals surface area (Å²) in [4.78, 5) is 11.4.